The minimum atomic E-state index is -4.39. The van der Waals surface area contributed by atoms with Crippen LogP contribution in [-0.4, -0.2) is 34.1 Å². The molecule has 0 saturated heterocycles. The third-order valence-corrected chi connectivity index (χ3v) is 8.67. The van der Waals surface area contributed by atoms with Crippen LogP contribution in [0.15, 0.2) is 101 Å². The van der Waals surface area contributed by atoms with Gasteiger partial charge in [0.2, 0.25) is 0 Å². The lowest BCUT2D eigenvalue weighted by molar-refractivity contribution is -0.137. The van der Waals surface area contributed by atoms with E-state index >= 15 is 0 Å². The Morgan fingerprint density at radius 1 is 0.830 bits per heavy atom. The molecule has 0 saturated carbocycles. The van der Waals surface area contributed by atoms with Crippen LogP contribution in [-0.2, 0) is 38.5 Å². The number of aryl methyl sites for hydroxylation is 1. The maximum Gasteiger partial charge on any atom is 0.416 e. The predicted octanol–water partition coefficient (Wildman–Crippen LogP) is 7.01. The van der Waals surface area contributed by atoms with E-state index in [0.29, 0.717) is 46.7 Å². The van der Waals surface area contributed by atoms with E-state index in [4.69, 9.17) is 0 Å². The van der Waals surface area contributed by atoms with Crippen molar-refractivity contribution < 1.29 is 17.6 Å². The van der Waals surface area contributed by atoms with Gasteiger partial charge in [-0.05, 0) is 53.4 Å². The maximum absolute atomic E-state index is 13.5. The molecule has 8 nitrogen and oxygen atoms in total. The molecular formula is C34H29F4N7OS. The van der Waals surface area contributed by atoms with Crippen LogP contribution in [0.5, 0.6) is 0 Å². The van der Waals surface area contributed by atoms with Gasteiger partial charge in [-0.15, -0.1) is 10.2 Å². The van der Waals surface area contributed by atoms with Gasteiger partial charge >= 0.3 is 6.18 Å². The number of aromatic nitrogens is 7. The van der Waals surface area contributed by atoms with Gasteiger partial charge in [0.05, 0.1) is 18.3 Å². The molecule has 3 heterocycles. The first-order valence-corrected chi connectivity index (χ1v) is 15.7. The standard InChI is InChI=1S/C34H29F4N7OS/c1-3-45-30(41-42-31(45)26-8-6-24(7-9-26)25-10-12-28(13-11-25)34(36,37)38)20-44-19-27(16-23-17-39-43(2)18-23)32(46)40-33(44)47-21-22-4-14-29(35)15-5-22/h4-15,17-19H,3,16,20-21H2,1-2H3. The smallest absolute Gasteiger partial charge is 0.319 e. The van der Waals surface area contributed by atoms with Gasteiger partial charge in [0.15, 0.2) is 16.8 Å². The van der Waals surface area contributed by atoms with Crippen LogP contribution < -0.4 is 5.56 Å². The fourth-order valence-corrected chi connectivity index (χ4v) is 6.12. The molecule has 0 aliphatic rings. The lowest BCUT2D eigenvalue weighted by atomic mass is 10.0. The second kappa shape index (κ2) is 13.4. The highest BCUT2D eigenvalue weighted by molar-refractivity contribution is 7.98. The molecule has 47 heavy (non-hydrogen) atoms. The lowest BCUT2D eigenvalue weighted by Gasteiger charge is -2.15. The summed E-state index contributed by atoms with van der Waals surface area (Å²) in [6.07, 6.45) is 1.33. The van der Waals surface area contributed by atoms with Crippen LogP contribution in [0.1, 0.15) is 35.0 Å². The van der Waals surface area contributed by atoms with Crippen LogP contribution in [0.2, 0.25) is 0 Å². The van der Waals surface area contributed by atoms with E-state index in [1.807, 2.05) is 53.6 Å². The topological polar surface area (TPSA) is 83.4 Å². The van der Waals surface area contributed by atoms with Gasteiger partial charge in [-0.3, -0.25) is 9.48 Å². The first-order valence-electron chi connectivity index (χ1n) is 14.7. The monoisotopic (exact) mass is 659 g/mol. The first kappa shape index (κ1) is 31.9. The summed E-state index contributed by atoms with van der Waals surface area (Å²) in [5.41, 5.74) is 3.47. The number of benzene rings is 3. The SMILES string of the molecule is CCn1c(Cn2cc(Cc3cnn(C)c3)c(=O)nc2SCc2ccc(F)cc2)nnc1-c1ccc(-c2ccc(C(F)(F)F)cc2)cc1. The zero-order chi connectivity index (χ0) is 33.1. The summed E-state index contributed by atoms with van der Waals surface area (Å²) in [6.45, 7) is 2.82. The number of hydrogen-bond acceptors (Lipinski definition) is 6. The van der Waals surface area contributed by atoms with Crippen LogP contribution in [0, 0.1) is 5.82 Å². The number of thioether (sulfide) groups is 1. The van der Waals surface area contributed by atoms with Crippen molar-refractivity contribution in [2.24, 2.45) is 7.05 Å². The highest BCUT2D eigenvalue weighted by atomic mass is 32.2. The Labute approximate surface area is 271 Å². The van der Waals surface area contributed by atoms with E-state index in [9.17, 15) is 22.4 Å². The summed E-state index contributed by atoms with van der Waals surface area (Å²) in [5, 5.41) is 13.7. The molecule has 13 heteroatoms. The molecule has 0 aliphatic carbocycles. The Morgan fingerprint density at radius 2 is 1.49 bits per heavy atom. The van der Waals surface area contributed by atoms with Gasteiger partial charge < -0.3 is 9.13 Å². The van der Waals surface area contributed by atoms with E-state index in [1.165, 1.54) is 36.0 Å². The molecule has 240 valence electrons. The van der Waals surface area contributed by atoms with Crippen molar-refractivity contribution in [3.05, 3.63) is 136 Å². The van der Waals surface area contributed by atoms with E-state index in [0.717, 1.165) is 34.4 Å². The number of halogens is 4. The van der Waals surface area contributed by atoms with E-state index in [1.54, 1.807) is 29.2 Å². The number of hydrogen-bond donors (Lipinski definition) is 0. The molecule has 3 aromatic carbocycles. The van der Waals surface area contributed by atoms with Gasteiger partial charge in [-0.1, -0.05) is 60.3 Å². The molecule has 0 radical (unpaired) electrons. The van der Waals surface area contributed by atoms with Crippen molar-refractivity contribution in [2.45, 2.75) is 43.5 Å². The minimum Gasteiger partial charge on any atom is -0.319 e. The summed E-state index contributed by atoms with van der Waals surface area (Å²) < 4.78 is 58.0. The average Bonchev–Trinajstić information content (AvgIpc) is 3.67. The third kappa shape index (κ3) is 7.35. The largest absolute Gasteiger partial charge is 0.416 e. The fourth-order valence-electron chi connectivity index (χ4n) is 5.20. The maximum atomic E-state index is 13.5. The Morgan fingerprint density at radius 3 is 2.11 bits per heavy atom. The second-order valence-corrected chi connectivity index (χ2v) is 11.9. The number of nitrogens with zero attached hydrogens (tertiary/aromatic N) is 7. The second-order valence-electron chi connectivity index (χ2n) is 10.9. The summed E-state index contributed by atoms with van der Waals surface area (Å²) in [5.74, 6) is 1.44. The van der Waals surface area contributed by atoms with Gasteiger partial charge in [0.1, 0.15) is 5.82 Å². The molecule has 6 rings (SSSR count). The van der Waals surface area contributed by atoms with Crippen molar-refractivity contribution in [3.63, 3.8) is 0 Å². The van der Waals surface area contributed by atoms with Crippen molar-refractivity contribution >= 4 is 11.8 Å². The average molecular weight is 660 g/mol. The van der Waals surface area contributed by atoms with Crippen LogP contribution in [0.3, 0.4) is 0 Å². The Kier molecular flexibility index (Phi) is 9.08. The molecule has 0 unspecified atom stereocenters. The first-order chi connectivity index (χ1) is 22.6. The molecular weight excluding hydrogens is 630 g/mol. The minimum absolute atomic E-state index is 0.281. The van der Waals surface area contributed by atoms with Gasteiger partial charge in [0, 0.05) is 49.3 Å². The zero-order valence-electron chi connectivity index (χ0n) is 25.4. The van der Waals surface area contributed by atoms with Gasteiger partial charge in [0.25, 0.3) is 5.56 Å². The summed E-state index contributed by atoms with van der Waals surface area (Å²) in [4.78, 5) is 17.5. The van der Waals surface area contributed by atoms with E-state index < -0.39 is 11.7 Å². The lowest BCUT2D eigenvalue weighted by Crippen LogP contribution is -2.21. The fraction of sp³-hybridized carbons (Fsp3) is 0.206. The van der Waals surface area contributed by atoms with Crippen molar-refractivity contribution in [3.8, 4) is 22.5 Å². The molecule has 3 aromatic heterocycles. The Bertz CT molecular complexity index is 2050. The quantitative estimate of drug-likeness (QED) is 0.0894. The van der Waals surface area contributed by atoms with Crippen molar-refractivity contribution in [1.29, 1.82) is 0 Å². The zero-order valence-corrected chi connectivity index (χ0v) is 26.3. The van der Waals surface area contributed by atoms with Gasteiger partial charge in [-0.25, -0.2) is 4.39 Å². The highest BCUT2D eigenvalue weighted by Gasteiger charge is 2.30. The number of rotatable bonds is 10. The molecule has 6 aromatic rings. The van der Waals surface area contributed by atoms with Crippen LogP contribution >= 0.6 is 11.8 Å². The molecule has 0 amide bonds. The normalized spacial score (nSPS) is 11.7. The molecule has 0 spiro atoms. The number of alkyl halides is 3. The van der Waals surface area contributed by atoms with Crippen LogP contribution in [0.4, 0.5) is 17.6 Å². The van der Waals surface area contributed by atoms with E-state index in [-0.39, 0.29) is 17.9 Å². The molecule has 0 atom stereocenters. The summed E-state index contributed by atoms with van der Waals surface area (Å²) in [6, 6.07) is 18.7. The molecule has 0 fully saturated rings. The predicted molar refractivity (Wildman–Crippen MR) is 171 cm³/mol. The summed E-state index contributed by atoms with van der Waals surface area (Å²) in [7, 11) is 1.81. The molecule has 0 bridgehead atoms. The van der Waals surface area contributed by atoms with E-state index in [2.05, 4.69) is 20.3 Å². The van der Waals surface area contributed by atoms with Crippen molar-refractivity contribution in [1.82, 2.24) is 34.1 Å². The molecule has 0 N–H and O–H groups in total. The summed E-state index contributed by atoms with van der Waals surface area (Å²) >= 11 is 1.37. The molecule has 0 aliphatic heterocycles. The van der Waals surface area contributed by atoms with Crippen molar-refractivity contribution in [2.75, 3.05) is 0 Å². The van der Waals surface area contributed by atoms with Gasteiger partial charge in [-0.2, -0.15) is 23.3 Å². The highest BCUT2D eigenvalue weighted by Crippen LogP contribution is 2.32. The Balaban J connectivity index is 1.29. The Hall–Kier alpha value is -5.04. The third-order valence-electron chi connectivity index (χ3n) is 7.61. The van der Waals surface area contributed by atoms with Crippen LogP contribution in [0.25, 0.3) is 22.5 Å².